The van der Waals surface area contributed by atoms with Crippen LogP contribution >= 0.6 is 0 Å². The lowest BCUT2D eigenvalue weighted by molar-refractivity contribution is -0.198. The molecule has 2 aliphatic rings. The third-order valence-electron chi connectivity index (χ3n) is 8.48. The molecule has 0 amide bonds. The average Bonchev–Trinajstić information content (AvgIpc) is 3.66. The Kier molecular flexibility index (Phi) is 8.14. The number of hydrogen-bond acceptors (Lipinski definition) is 11. The van der Waals surface area contributed by atoms with Gasteiger partial charge < -0.3 is 30.5 Å². The lowest BCUT2D eigenvalue weighted by atomic mass is 9.76. The number of hydrogen-bond donors (Lipinski definition) is 3. The van der Waals surface area contributed by atoms with Gasteiger partial charge in [0.15, 0.2) is 0 Å². The molecule has 4 N–H and O–H groups in total. The van der Waals surface area contributed by atoms with Gasteiger partial charge >= 0.3 is 18.2 Å². The summed E-state index contributed by atoms with van der Waals surface area (Å²) in [6.45, 7) is 3.36. The number of aliphatic carboxylic acids is 1. The minimum Gasteiger partial charge on any atom is -0.480 e. The van der Waals surface area contributed by atoms with E-state index in [1.807, 2.05) is 4.90 Å². The molecule has 5 heterocycles. The van der Waals surface area contributed by atoms with Crippen LogP contribution in [0.5, 0.6) is 11.9 Å². The number of nitrogens with zero attached hydrogens (tertiary/aromatic N) is 7. The van der Waals surface area contributed by atoms with Gasteiger partial charge in [0.2, 0.25) is 17.9 Å². The molecule has 3 aromatic heterocycles. The Balaban J connectivity index is 1.30. The van der Waals surface area contributed by atoms with Gasteiger partial charge in [-0.25, -0.2) is 14.6 Å². The van der Waals surface area contributed by atoms with Crippen molar-refractivity contribution in [2.45, 2.75) is 44.5 Å². The highest BCUT2D eigenvalue weighted by atomic mass is 19.4. The van der Waals surface area contributed by atoms with Gasteiger partial charge in [-0.1, -0.05) is 12.1 Å². The van der Waals surface area contributed by atoms with E-state index < -0.39 is 24.3 Å². The number of carboxylic acids is 1. The van der Waals surface area contributed by atoms with Gasteiger partial charge in [-0.15, -0.1) is 0 Å². The Bertz CT molecular complexity index is 1720. The highest BCUT2D eigenvalue weighted by Crippen LogP contribution is 2.42. The first-order chi connectivity index (χ1) is 21.9. The van der Waals surface area contributed by atoms with E-state index in [1.165, 1.54) is 42.4 Å². The van der Waals surface area contributed by atoms with Gasteiger partial charge in [0.25, 0.3) is 0 Å². The molecule has 1 spiro atoms. The van der Waals surface area contributed by atoms with E-state index in [9.17, 15) is 23.1 Å². The van der Waals surface area contributed by atoms with E-state index in [4.69, 9.17) is 15.2 Å². The third kappa shape index (κ3) is 6.38. The molecule has 16 heteroatoms. The number of carboxylic acid groups (broad SMARTS) is 1. The first-order valence-corrected chi connectivity index (χ1v) is 14.6. The summed E-state index contributed by atoms with van der Waals surface area (Å²) < 4.78 is 56.4. The van der Waals surface area contributed by atoms with Crippen molar-refractivity contribution in [1.29, 1.82) is 0 Å². The first kappa shape index (κ1) is 31.0. The van der Waals surface area contributed by atoms with Crippen molar-refractivity contribution >= 4 is 17.7 Å². The SMILES string of the molecule is COc1ncc(-c2ccc(C(Oc3cc(N4CCC5(CC4)CN[C@H](C(=O)O)C5)nc(N)n3)C(F)(F)F)c(-n3ccc(C)n3)c2)cn1. The van der Waals surface area contributed by atoms with Gasteiger partial charge in [0.05, 0.1) is 18.5 Å². The molecule has 2 fully saturated rings. The summed E-state index contributed by atoms with van der Waals surface area (Å²) in [4.78, 5) is 29.8. The zero-order valence-corrected chi connectivity index (χ0v) is 25.0. The number of anilines is 2. The number of methoxy groups -OCH3 is 1. The summed E-state index contributed by atoms with van der Waals surface area (Å²) >= 11 is 0. The second-order valence-corrected chi connectivity index (χ2v) is 11.6. The van der Waals surface area contributed by atoms with Gasteiger partial charge in [0.1, 0.15) is 11.9 Å². The number of carbonyl (C=O) groups is 1. The first-order valence-electron chi connectivity index (χ1n) is 14.6. The van der Waals surface area contributed by atoms with Crippen LogP contribution in [0.15, 0.2) is 48.9 Å². The lowest BCUT2D eigenvalue weighted by Gasteiger charge is -2.39. The molecule has 0 aliphatic carbocycles. The van der Waals surface area contributed by atoms with Crippen molar-refractivity contribution < 1.29 is 32.5 Å². The van der Waals surface area contributed by atoms with Crippen molar-refractivity contribution in [3.8, 4) is 28.7 Å². The number of rotatable bonds is 8. The summed E-state index contributed by atoms with van der Waals surface area (Å²) in [5.74, 6) is -1.12. The highest BCUT2D eigenvalue weighted by Gasteiger charge is 2.46. The second kappa shape index (κ2) is 12.1. The van der Waals surface area contributed by atoms with Gasteiger partial charge in [0, 0.05) is 55.4 Å². The van der Waals surface area contributed by atoms with Gasteiger partial charge in [-0.2, -0.15) is 28.2 Å². The Labute approximate surface area is 261 Å². The van der Waals surface area contributed by atoms with Crippen LogP contribution < -0.4 is 25.4 Å². The van der Waals surface area contributed by atoms with Gasteiger partial charge in [-0.05, 0) is 49.3 Å². The number of alkyl halides is 3. The largest absolute Gasteiger partial charge is 0.480 e. The van der Waals surface area contributed by atoms with Crippen molar-refractivity contribution in [2.24, 2.45) is 5.41 Å². The van der Waals surface area contributed by atoms with Crippen LogP contribution in [0.1, 0.15) is 36.6 Å². The molecule has 2 saturated heterocycles. The highest BCUT2D eigenvalue weighted by molar-refractivity contribution is 5.74. The molecule has 4 aromatic rings. The third-order valence-corrected chi connectivity index (χ3v) is 8.48. The standard InChI is InChI=1S/C30H32F3N9O4/c1-17-5-8-42(40-17)22-11-18(19-14-35-28(45-2)36-15-19)3-4-20(22)25(30(31,32)33)46-24-12-23(38-27(34)39-24)41-9-6-29(7-10-41)13-21(26(43)44)37-16-29/h3-5,8,11-12,14-15,21,25,37H,6-7,9-10,13,16H2,1-2H3,(H,43,44)(H2,34,38,39)/t21-,25?/m0/s1. The van der Waals surface area contributed by atoms with Crippen molar-refractivity contribution in [2.75, 3.05) is 37.4 Å². The Morgan fingerprint density at radius 1 is 1.13 bits per heavy atom. The van der Waals surface area contributed by atoms with Crippen LogP contribution in [0, 0.1) is 12.3 Å². The maximum atomic E-state index is 14.8. The van der Waals surface area contributed by atoms with E-state index in [0.29, 0.717) is 61.5 Å². The molecule has 1 unspecified atom stereocenters. The number of halogens is 3. The number of nitrogen functional groups attached to an aromatic ring is 1. The van der Waals surface area contributed by atoms with Gasteiger partial charge in [-0.3, -0.25) is 4.79 Å². The second-order valence-electron chi connectivity index (χ2n) is 11.6. The van der Waals surface area contributed by atoms with Crippen LogP contribution in [0.4, 0.5) is 24.9 Å². The topological polar surface area (TPSA) is 166 Å². The quantitative estimate of drug-likeness (QED) is 0.256. The molecule has 13 nitrogen and oxygen atoms in total. The predicted molar refractivity (Wildman–Crippen MR) is 160 cm³/mol. The maximum Gasteiger partial charge on any atom is 0.429 e. The monoisotopic (exact) mass is 639 g/mol. The molecule has 1 aromatic carbocycles. The number of nitrogens with one attached hydrogen (secondary N) is 1. The van der Waals surface area contributed by atoms with E-state index in [-0.39, 0.29) is 34.5 Å². The Morgan fingerprint density at radius 3 is 2.48 bits per heavy atom. The average molecular weight is 640 g/mol. The predicted octanol–water partition coefficient (Wildman–Crippen LogP) is 3.73. The molecule has 0 bridgehead atoms. The van der Waals surface area contributed by atoms with E-state index in [2.05, 4.69) is 30.4 Å². The van der Waals surface area contributed by atoms with E-state index in [0.717, 1.165) is 0 Å². The zero-order chi connectivity index (χ0) is 32.6. The molecule has 0 saturated carbocycles. The minimum atomic E-state index is -4.85. The van der Waals surface area contributed by atoms with E-state index in [1.54, 1.807) is 25.3 Å². The van der Waals surface area contributed by atoms with Crippen molar-refractivity contribution in [3.05, 3.63) is 60.2 Å². The fourth-order valence-corrected chi connectivity index (χ4v) is 6.03. The minimum absolute atomic E-state index is 0.136. The number of aryl methyl sites for hydroxylation is 1. The van der Waals surface area contributed by atoms with Crippen molar-refractivity contribution in [1.82, 2.24) is 35.0 Å². The van der Waals surface area contributed by atoms with Crippen LogP contribution in [-0.4, -0.2) is 79.8 Å². The number of benzene rings is 1. The number of piperidine rings is 1. The normalized spacial score (nSPS) is 18.5. The lowest BCUT2D eigenvalue weighted by Crippen LogP contribution is -2.41. The number of ether oxygens (including phenoxy) is 2. The number of aromatic nitrogens is 6. The van der Waals surface area contributed by atoms with Crippen LogP contribution in [0.25, 0.3) is 16.8 Å². The number of nitrogens with two attached hydrogens (primary N) is 1. The fraction of sp³-hybridized carbons (Fsp3) is 0.400. The smallest absolute Gasteiger partial charge is 0.429 e. The zero-order valence-electron chi connectivity index (χ0n) is 25.0. The van der Waals surface area contributed by atoms with Crippen LogP contribution in [0.2, 0.25) is 0 Å². The molecular formula is C30H32F3N9O4. The molecule has 0 radical (unpaired) electrons. The summed E-state index contributed by atoms with van der Waals surface area (Å²) in [6.07, 6.45) is -0.798. The van der Waals surface area contributed by atoms with Crippen LogP contribution in [-0.2, 0) is 4.79 Å². The molecule has 2 aliphatic heterocycles. The summed E-state index contributed by atoms with van der Waals surface area (Å²) in [5.41, 5.74) is 7.46. The maximum absolute atomic E-state index is 14.8. The Hall–Kier alpha value is -4.99. The Morgan fingerprint density at radius 2 is 1.87 bits per heavy atom. The fourth-order valence-electron chi connectivity index (χ4n) is 6.03. The molecular weight excluding hydrogens is 607 g/mol. The molecule has 242 valence electrons. The summed E-state index contributed by atoms with van der Waals surface area (Å²) in [6, 6.07) is 7.02. The molecule has 6 rings (SSSR count). The summed E-state index contributed by atoms with van der Waals surface area (Å²) in [7, 11) is 1.43. The van der Waals surface area contributed by atoms with Crippen LogP contribution in [0.3, 0.4) is 0 Å². The molecule has 46 heavy (non-hydrogen) atoms. The van der Waals surface area contributed by atoms with Crippen molar-refractivity contribution in [3.63, 3.8) is 0 Å². The molecule has 2 atom stereocenters. The van der Waals surface area contributed by atoms with E-state index >= 15 is 0 Å². The summed E-state index contributed by atoms with van der Waals surface area (Å²) in [5, 5.41) is 16.8.